The van der Waals surface area contributed by atoms with Crippen molar-refractivity contribution in [1.29, 1.82) is 0 Å². The van der Waals surface area contributed by atoms with Crippen molar-refractivity contribution in [2.24, 2.45) is 5.92 Å². The molecule has 0 aliphatic carbocycles. The molecule has 1 atom stereocenters. The zero-order valence-electron chi connectivity index (χ0n) is 9.86. The third-order valence-corrected chi connectivity index (χ3v) is 2.96. The molecule has 1 aliphatic heterocycles. The number of carbonyl (C=O) groups is 1. The molecule has 5 heteroatoms. The van der Waals surface area contributed by atoms with Gasteiger partial charge in [0, 0.05) is 5.92 Å². The number of carbonyl (C=O) groups excluding carboxylic acids is 1. The third kappa shape index (κ3) is 3.18. The Balaban J connectivity index is 2.01. The lowest BCUT2D eigenvalue weighted by Crippen LogP contribution is -2.35. The Morgan fingerprint density at radius 2 is 2.22 bits per heavy atom. The first-order valence-electron chi connectivity index (χ1n) is 5.93. The summed E-state index contributed by atoms with van der Waals surface area (Å²) in [6, 6.07) is 7.50. The molecular formula is C13H15F2NO2. The van der Waals surface area contributed by atoms with Gasteiger partial charge in [-0.15, -0.1) is 0 Å². The second kappa shape index (κ2) is 5.80. The molecule has 1 amide bonds. The van der Waals surface area contributed by atoms with Crippen molar-refractivity contribution in [3.05, 3.63) is 29.8 Å². The molecule has 0 radical (unpaired) electrons. The van der Waals surface area contributed by atoms with Crippen molar-refractivity contribution in [3.63, 3.8) is 0 Å². The molecule has 2 rings (SSSR count). The Hall–Kier alpha value is -1.65. The molecule has 0 spiro atoms. The van der Waals surface area contributed by atoms with Crippen LogP contribution in [0.1, 0.15) is 12.0 Å². The molecule has 1 heterocycles. The Morgan fingerprint density at radius 1 is 1.44 bits per heavy atom. The van der Waals surface area contributed by atoms with E-state index in [1.54, 1.807) is 0 Å². The minimum atomic E-state index is -2.51. The summed E-state index contributed by atoms with van der Waals surface area (Å²) in [5.41, 5.74) is 0.951. The summed E-state index contributed by atoms with van der Waals surface area (Å²) < 4.78 is 29.6. The molecule has 0 saturated heterocycles. The van der Waals surface area contributed by atoms with Gasteiger partial charge in [0.25, 0.3) is 6.43 Å². The number of benzene rings is 1. The number of hydrogen-bond donors (Lipinski definition) is 1. The highest BCUT2D eigenvalue weighted by atomic mass is 19.3. The van der Waals surface area contributed by atoms with Crippen LogP contribution in [0.25, 0.3) is 0 Å². The number of amides is 1. The molecular weight excluding hydrogens is 240 g/mol. The van der Waals surface area contributed by atoms with Crippen molar-refractivity contribution in [2.45, 2.75) is 19.3 Å². The number of para-hydroxylation sites is 1. The third-order valence-electron chi connectivity index (χ3n) is 2.96. The number of halogens is 2. The molecule has 1 aromatic carbocycles. The van der Waals surface area contributed by atoms with Gasteiger partial charge in [-0.2, -0.15) is 0 Å². The number of ether oxygens (including phenoxy) is 1. The number of rotatable bonds is 3. The first-order valence-corrected chi connectivity index (χ1v) is 5.93. The molecule has 1 aromatic rings. The van der Waals surface area contributed by atoms with Crippen LogP contribution in [-0.4, -0.2) is 25.5 Å². The molecule has 18 heavy (non-hydrogen) atoms. The van der Waals surface area contributed by atoms with Gasteiger partial charge < -0.3 is 10.1 Å². The average molecular weight is 255 g/mol. The Bertz CT molecular complexity index is 423. The van der Waals surface area contributed by atoms with Crippen LogP contribution in [0.4, 0.5) is 8.78 Å². The fourth-order valence-electron chi connectivity index (χ4n) is 2.04. The monoisotopic (exact) mass is 255 g/mol. The van der Waals surface area contributed by atoms with Crippen LogP contribution in [0.2, 0.25) is 0 Å². The van der Waals surface area contributed by atoms with Gasteiger partial charge >= 0.3 is 0 Å². The van der Waals surface area contributed by atoms with E-state index < -0.39 is 13.0 Å². The molecule has 0 aromatic heterocycles. The topological polar surface area (TPSA) is 38.3 Å². The van der Waals surface area contributed by atoms with Crippen molar-refractivity contribution >= 4 is 5.91 Å². The Morgan fingerprint density at radius 3 is 3.00 bits per heavy atom. The maximum Gasteiger partial charge on any atom is 0.255 e. The second-order valence-corrected chi connectivity index (χ2v) is 4.28. The lowest BCUT2D eigenvalue weighted by Gasteiger charge is -2.13. The lowest BCUT2D eigenvalue weighted by molar-refractivity contribution is -0.125. The average Bonchev–Trinajstić information content (AvgIpc) is 2.57. The second-order valence-electron chi connectivity index (χ2n) is 4.28. The minimum absolute atomic E-state index is 0.299. The van der Waals surface area contributed by atoms with E-state index in [9.17, 15) is 13.6 Å². The van der Waals surface area contributed by atoms with Crippen LogP contribution < -0.4 is 10.1 Å². The first-order chi connectivity index (χ1) is 8.66. The van der Waals surface area contributed by atoms with Crippen LogP contribution >= 0.6 is 0 Å². The summed E-state index contributed by atoms with van der Waals surface area (Å²) in [6.07, 6.45) is -1.43. The van der Waals surface area contributed by atoms with Crippen molar-refractivity contribution < 1.29 is 18.3 Å². The molecule has 0 fully saturated rings. The van der Waals surface area contributed by atoms with Gasteiger partial charge in [-0.25, -0.2) is 8.78 Å². The summed E-state index contributed by atoms with van der Waals surface area (Å²) in [4.78, 5) is 11.8. The van der Waals surface area contributed by atoms with E-state index in [1.807, 2.05) is 24.3 Å². The fraction of sp³-hybridized carbons (Fsp3) is 0.462. The summed E-state index contributed by atoms with van der Waals surface area (Å²) in [5.74, 6) is 0.157. The molecule has 0 bridgehead atoms. The number of fused-ring (bicyclic) bond motifs is 1. The van der Waals surface area contributed by atoms with Gasteiger partial charge in [-0.1, -0.05) is 18.2 Å². The molecule has 3 nitrogen and oxygen atoms in total. The van der Waals surface area contributed by atoms with E-state index in [0.717, 1.165) is 11.3 Å². The summed E-state index contributed by atoms with van der Waals surface area (Å²) in [5, 5.41) is 2.27. The standard InChI is InChI=1S/C13H15F2NO2/c14-12(15)8-16-13(17)10-5-6-18-11-4-2-1-3-9(11)7-10/h1-4,10,12H,5-8H2,(H,16,17)/t10-/m0/s1. The quantitative estimate of drug-likeness (QED) is 0.897. The highest BCUT2D eigenvalue weighted by molar-refractivity contribution is 5.79. The zero-order chi connectivity index (χ0) is 13.0. The highest BCUT2D eigenvalue weighted by Crippen LogP contribution is 2.26. The van der Waals surface area contributed by atoms with Crippen molar-refractivity contribution in [3.8, 4) is 5.75 Å². The van der Waals surface area contributed by atoms with E-state index in [1.165, 1.54) is 0 Å². The fourth-order valence-corrected chi connectivity index (χ4v) is 2.04. The van der Waals surface area contributed by atoms with Gasteiger partial charge in [0.05, 0.1) is 13.2 Å². The smallest absolute Gasteiger partial charge is 0.255 e. The van der Waals surface area contributed by atoms with E-state index in [4.69, 9.17) is 4.74 Å². The highest BCUT2D eigenvalue weighted by Gasteiger charge is 2.23. The van der Waals surface area contributed by atoms with Gasteiger partial charge in [0.1, 0.15) is 5.75 Å². The minimum Gasteiger partial charge on any atom is -0.493 e. The van der Waals surface area contributed by atoms with E-state index in [0.29, 0.717) is 19.4 Å². The predicted octanol–water partition coefficient (Wildman–Crippen LogP) is 2.01. The van der Waals surface area contributed by atoms with E-state index in [-0.39, 0.29) is 11.8 Å². The zero-order valence-corrected chi connectivity index (χ0v) is 9.86. The number of hydrogen-bond acceptors (Lipinski definition) is 2. The Kier molecular flexibility index (Phi) is 4.12. The summed E-state index contributed by atoms with van der Waals surface area (Å²) in [6.45, 7) is -0.151. The van der Waals surface area contributed by atoms with Gasteiger partial charge in [0.15, 0.2) is 0 Å². The maximum absolute atomic E-state index is 12.0. The molecule has 0 saturated carbocycles. The van der Waals surface area contributed by atoms with Gasteiger partial charge in [-0.05, 0) is 24.5 Å². The van der Waals surface area contributed by atoms with Crippen LogP contribution in [-0.2, 0) is 11.2 Å². The Labute approximate surface area is 104 Å². The van der Waals surface area contributed by atoms with Gasteiger partial charge in [0.2, 0.25) is 5.91 Å². The summed E-state index contributed by atoms with van der Waals surface area (Å²) >= 11 is 0. The van der Waals surface area contributed by atoms with Crippen LogP contribution in [0.5, 0.6) is 5.75 Å². The van der Waals surface area contributed by atoms with Gasteiger partial charge in [-0.3, -0.25) is 4.79 Å². The molecule has 0 unspecified atom stereocenters. The number of alkyl halides is 2. The molecule has 1 aliphatic rings. The summed E-state index contributed by atoms with van der Waals surface area (Å²) in [7, 11) is 0. The van der Waals surface area contributed by atoms with E-state index in [2.05, 4.69) is 5.32 Å². The SMILES string of the molecule is O=C(NCC(F)F)[C@H]1CCOc2ccccc2C1. The van der Waals surface area contributed by atoms with Crippen molar-refractivity contribution in [2.75, 3.05) is 13.2 Å². The predicted molar refractivity (Wildman–Crippen MR) is 62.8 cm³/mol. The molecule has 98 valence electrons. The molecule has 1 N–H and O–H groups in total. The number of nitrogens with one attached hydrogen (secondary N) is 1. The van der Waals surface area contributed by atoms with Crippen LogP contribution in [0, 0.1) is 5.92 Å². The van der Waals surface area contributed by atoms with Crippen LogP contribution in [0.15, 0.2) is 24.3 Å². The largest absolute Gasteiger partial charge is 0.493 e. The van der Waals surface area contributed by atoms with Crippen molar-refractivity contribution in [1.82, 2.24) is 5.32 Å². The normalized spacial score (nSPS) is 18.7. The maximum atomic E-state index is 12.0. The first kappa shape index (κ1) is 12.8. The van der Waals surface area contributed by atoms with Crippen LogP contribution in [0.3, 0.4) is 0 Å². The lowest BCUT2D eigenvalue weighted by atomic mass is 9.96. The van der Waals surface area contributed by atoms with E-state index >= 15 is 0 Å².